The Hall–Kier alpha value is -4.56. The molecule has 0 bridgehead atoms. The number of nitrogens with one attached hydrogen (secondary N) is 1. The number of hydrogen-bond donors (Lipinski definition) is 2. The van der Waals surface area contributed by atoms with Gasteiger partial charge in [-0.2, -0.15) is 13.2 Å². The van der Waals surface area contributed by atoms with Crippen molar-refractivity contribution in [2.75, 3.05) is 12.4 Å². The molecule has 0 radical (unpaired) electrons. The van der Waals surface area contributed by atoms with Gasteiger partial charge in [-0.25, -0.2) is 9.37 Å². The SMILES string of the molecule is [2H]C([2H])([2H])Oc1cc(OC(F)(F)F)ccc1Oc1ccc(C(F)(F)F)c(F)c1C(=O)Nc1cccc(C(N)=O)n1. The first-order chi connectivity index (χ1) is 18.3. The molecule has 0 aliphatic carbocycles. The molecular weight excluding hydrogens is 519 g/mol. The van der Waals surface area contributed by atoms with E-state index in [4.69, 9.17) is 14.6 Å². The molecule has 0 saturated carbocycles. The van der Waals surface area contributed by atoms with Crippen LogP contribution in [-0.4, -0.2) is 30.2 Å². The summed E-state index contributed by atoms with van der Waals surface area (Å²) in [6.45, 7) is 0. The lowest BCUT2D eigenvalue weighted by Gasteiger charge is -2.17. The smallest absolute Gasteiger partial charge is 0.493 e. The maximum atomic E-state index is 15.1. The molecular formula is C22H14F7N3O5. The lowest BCUT2D eigenvalue weighted by Crippen LogP contribution is -2.20. The summed E-state index contributed by atoms with van der Waals surface area (Å²) >= 11 is 0. The van der Waals surface area contributed by atoms with Crippen molar-refractivity contribution in [3.8, 4) is 23.0 Å². The number of carbonyl (C=O) groups is 2. The molecule has 0 fully saturated rings. The van der Waals surface area contributed by atoms with Crippen molar-refractivity contribution >= 4 is 17.6 Å². The fraction of sp³-hybridized carbons (Fsp3) is 0.136. The highest BCUT2D eigenvalue weighted by molar-refractivity contribution is 6.06. The number of benzene rings is 2. The van der Waals surface area contributed by atoms with Crippen LogP contribution < -0.4 is 25.3 Å². The monoisotopic (exact) mass is 536 g/mol. The molecule has 1 aromatic heterocycles. The Morgan fingerprint density at radius 1 is 1.00 bits per heavy atom. The predicted octanol–water partition coefficient (Wildman–Crippen LogP) is 5.29. The standard InChI is InChI=1S/C22H14F7N3O5/c1-35-15-9-10(37-22(27,28)29)5-7-13(15)36-14-8-6-11(21(24,25)26)18(23)17(14)20(34)32-16-4-2-3-12(31-16)19(30)33/h2-9H,1H3,(H2,30,33)(H,31,32,34)/i1D3. The Bertz CT molecular complexity index is 1450. The van der Waals surface area contributed by atoms with Gasteiger partial charge in [-0.05, 0) is 36.4 Å². The van der Waals surface area contributed by atoms with Gasteiger partial charge in [-0.1, -0.05) is 6.07 Å². The first-order valence-electron chi connectivity index (χ1n) is 11.1. The van der Waals surface area contributed by atoms with Gasteiger partial charge in [0, 0.05) is 6.07 Å². The van der Waals surface area contributed by atoms with Crippen LogP contribution in [-0.2, 0) is 6.18 Å². The molecule has 2 amide bonds. The Morgan fingerprint density at radius 2 is 1.70 bits per heavy atom. The van der Waals surface area contributed by atoms with Gasteiger partial charge in [0.2, 0.25) is 0 Å². The number of pyridine rings is 1. The summed E-state index contributed by atoms with van der Waals surface area (Å²) in [6, 6.07) is 5.91. The zero-order valence-electron chi connectivity index (χ0n) is 20.8. The molecule has 3 N–H and O–H groups in total. The molecule has 0 unspecified atom stereocenters. The van der Waals surface area contributed by atoms with E-state index in [1.807, 2.05) is 5.32 Å². The molecule has 2 aromatic carbocycles. The van der Waals surface area contributed by atoms with E-state index in [1.165, 1.54) is 6.07 Å². The molecule has 15 heteroatoms. The highest BCUT2D eigenvalue weighted by Gasteiger charge is 2.38. The topological polar surface area (TPSA) is 113 Å². The third kappa shape index (κ3) is 6.56. The van der Waals surface area contributed by atoms with Gasteiger partial charge >= 0.3 is 12.5 Å². The van der Waals surface area contributed by atoms with Gasteiger partial charge in [0.25, 0.3) is 11.8 Å². The van der Waals surface area contributed by atoms with Crippen molar-refractivity contribution in [1.82, 2.24) is 4.98 Å². The fourth-order valence-corrected chi connectivity index (χ4v) is 2.86. The van der Waals surface area contributed by atoms with E-state index in [1.54, 1.807) is 0 Å². The van der Waals surface area contributed by atoms with Crippen LogP contribution >= 0.6 is 0 Å². The number of amides is 2. The molecule has 3 rings (SSSR count). The van der Waals surface area contributed by atoms with Crippen LogP contribution in [0.1, 0.15) is 30.5 Å². The van der Waals surface area contributed by atoms with E-state index in [2.05, 4.69) is 14.5 Å². The van der Waals surface area contributed by atoms with Crippen LogP contribution in [0, 0.1) is 5.82 Å². The van der Waals surface area contributed by atoms with Crippen LogP contribution in [0.25, 0.3) is 0 Å². The van der Waals surface area contributed by atoms with Crippen molar-refractivity contribution in [3.63, 3.8) is 0 Å². The second-order valence-electron chi connectivity index (χ2n) is 6.88. The van der Waals surface area contributed by atoms with Gasteiger partial charge in [0.05, 0.1) is 16.7 Å². The summed E-state index contributed by atoms with van der Waals surface area (Å²) in [5.74, 6) is -8.71. The Kier molecular flexibility index (Phi) is 6.31. The van der Waals surface area contributed by atoms with Gasteiger partial charge in [-0.15, -0.1) is 13.2 Å². The lowest BCUT2D eigenvalue weighted by molar-refractivity contribution is -0.274. The number of hydrogen-bond acceptors (Lipinski definition) is 6. The number of anilines is 1. The molecule has 0 aliphatic rings. The number of nitrogens with zero attached hydrogens (tertiary/aromatic N) is 1. The summed E-state index contributed by atoms with van der Waals surface area (Å²) in [5, 5.41) is 1.98. The number of aromatic nitrogens is 1. The van der Waals surface area contributed by atoms with Gasteiger partial charge in [-0.3, -0.25) is 9.59 Å². The van der Waals surface area contributed by atoms with E-state index in [9.17, 15) is 35.9 Å². The quantitative estimate of drug-likeness (QED) is 0.397. The molecule has 196 valence electrons. The number of ether oxygens (including phenoxy) is 3. The van der Waals surface area contributed by atoms with E-state index in [-0.39, 0.29) is 11.8 Å². The molecule has 0 saturated heterocycles. The normalized spacial score (nSPS) is 13.1. The molecule has 0 spiro atoms. The van der Waals surface area contributed by atoms with E-state index in [0.29, 0.717) is 24.3 Å². The summed E-state index contributed by atoms with van der Waals surface area (Å²) in [6.07, 6.45) is -10.5. The average molecular weight is 536 g/mol. The fourth-order valence-electron chi connectivity index (χ4n) is 2.86. The minimum atomic E-state index is -5.28. The van der Waals surface area contributed by atoms with Crippen LogP contribution in [0.4, 0.5) is 36.6 Å². The molecule has 0 atom stereocenters. The third-order valence-electron chi connectivity index (χ3n) is 4.36. The van der Waals surface area contributed by atoms with E-state index < -0.39 is 77.2 Å². The number of primary amides is 1. The Balaban J connectivity index is 2.11. The average Bonchev–Trinajstić information content (AvgIpc) is 2.78. The zero-order valence-corrected chi connectivity index (χ0v) is 17.8. The van der Waals surface area contributed by atoms with Crippen LogP contribution in [0.5, 0.6) is 23.0 Å². The molecule has 37 heavy (non-hydrogen) atoms. The minimum Gasteiger partial charge on any atom is -0.493 e. The van der Waals surface area contributed by atoms with Gasteiger partial charge in [0.15, 0.2) is 17.3 Å². The van der Waals surface area contributed by atoms with Crippen molar-refractivity contribution in [1.29, 1.82) is 0 Å². The van der Waals surface area contributed by atoms with Crippen molar-refractivity contribution in [2.24, 2.45) is 5.73 Å². The summed E-state index contributed by atoms with van der Waals surface area (Å²) < 4.78 is 128. The number of methoxy groups -OCH3 is 1. The molecule has 8 nitrogen and oxygen atoms in total. The maximum Gasteiger partial charge on any atom is 0.573 e. The highest BCUT2D eigenvalue weighted by Crippen LogP contribution is 2.40. The minimum absolute atomic E-state index is 0.207. The maximum absolute atomic E-state index is 15.1. The predicted molar refractivity (Wildman–Crippen MR) is 112 cm³/mol. The first-order valence-corrected chi connectivity index (χ1v) is 9.58. The van der Waals surface area contributed by atoms with E-state index >= 15 is 4.39 Å². The van der Waals surface area contributed by atoms with Crippen molar-refractivity contribution < 1.29 is 58.6 Å². The van der Waals surface area contributed by atoms with Crippen LogP contribution in [0.15, 0.2) is 48.5 Å². The van der Waals surface area contributed by atoms with Crippen molar-refractivity contribution in [2.45, 2.75) is 12.5 Å². The lowest BCUT2D eigenvalue weighted by atomic mass is 10.1. The second kappa shape index (κ2) is 10.2. The van der Waals surface area contributed by atoms with Crippen LogP contribution in [0.3, 0.4) is 0 Å². The molecule has 3 aromatic rings. The van der Waals surface area contributed by atoms with Gasteiger partial charge in [0.1, 0.15) is 28.6 Å². The molecule has 0 aliphatic heterocycles. The summed E-state index contributed by atoms with van der Waals surface area (Å²) in [5.41, 5.74) is 1.48. The third-order valence-corrected chi connectivity index (χ3v) is 4.36. The van der Waals surface area contributed by atoms with Crippen molar-refractivity contribution in [3.05, 3.63) is 71.2 Å². The Labute approximate surface area is 207 Å². The summed E-state index contributed by atoms with van der Waals surface area (Å²) in [7, 11) is -3.27. The second-order valence-corrected chi connectivity index (χ2v) is 6.88. The van der Waals surface area contributed by atoms with E-state index in [0.717, 1.165) is 12.1 Å². The number of rotatable bonds is 7. The summed E-state index contributed by atoms with van der Waals surface area (Å²) in [4.78, 5) is 27.9. The first kappa shape index (κ1) is 22.9. The Morgan fingerprint density at radius 3 is 2.32 bits per heavy atom. The number of carbonyl (C=O) groups excluding carboxylic acids is 2. The van der Waals surface area contributed by atoms with Crippen LogP contribution in [0.2, 0.25) is 0 Å². The zero-order chi connectivity index (χ0) is 30.0. The largest absolute Gasteiger partial charge is 0.573 e. The number of nitrogens with two attached hydrogens (primary N) is 1. The number of alkyl halides is 6. The van der Waals surface area contributed by atoms with Gasteiger partial charge < -0.3 is 25.3 Å². The number of halogens is 7. The highest BCUT2D eigenvalue weighted by atomic mass is 19.4. The molecule has 1 heterocycles.